The third kappa shape index (κ3) is 4.99. The molecule has 0 aliphatic rings. The first-order chi connectivity index (χ1) is 8.93. The standard InChI is InChI=1S/C15H25N3O/c1-5-18(15(19)14(16)9-11(2)3)10-13-8-6-7-12(4)17-13/h6-8,11,14H,5,9-10,16H2,1-4H3. The molecule has 0 radical (unpaired) electrons. The molecule has 1 heterocycles. The zero-order valence-corrected chi connectivity index (χ0v) is 12.4. The molecule has 0 spiro atoms. The van der Waals surface area contributed by atoms with Gasteiger partial charge in [0, 0.05) is 12.2 Å². The lowest BCUT2D eigenvalue weighted by molar-refractivity contribution is -0.133. The second kappa shape index (κ2) is 7.24. The first-order valence-electron chi connectivity index (χ1n) is 6.91. The molecule has 2 N–H and O–H groups in total. The van der Waals surface area contributed by atoms with Gasteiger partial charge < -0.3 is 10.6 Å². The number of likely N-dealkylation sites (N-methyl/N-ethyl adjacent to an activating group) is 1. The second-order valence-corrected chi connectivity index (χ2v) is 5.36. The van der Waals surface area contributed by atoms with Crippen LogP contribution in [0.3, 0.4) is 0 Å². The smallest absolute Gasteiger partial charge is 0.239 e. The number of rotatable bonds is 6. The van der Waals surface area contributed by atoms with E-state index in [0.717, 1.165) is 17.8 Å². The number of amides is 1. The minimum Gasteiger partial charge on any atom is -0.336 e. The first kappa shape index (κ1) is 15.6. The van der Waals surface area contributed by atoms with Crippen LogP contribution in [0.5, 0.6) is 0 Å². The molecule has 19 heavy (non-hydrogen) atoms. The quantitative estimate of drug-likeness (QED) is 0.855. The fourth-order valence-electron chi connectivity index (χ4n) is 2.07. The summed E-state index contributed by atoms with van der Waals surface area (Å²) in [4.78, 5) is 18.5. The normalized spacial score (nSPS) is 12.5. The molecule has 0 bridgehead atoms. The van der Waals surface area contributed by atoms with Gasteiger partial charge in [-0.1, -0.05) is 19.9 Å². The number of hydrogen-bond donors (Lipinski definition) is 1. The van der Waals surface area contributed by atoms with E-state index in [9.17, 15) is 4.79 Å². The molecule has 4 heteroatoms. The maximum atomic E-state index is 12.3. The molecule has 0 aromatic carbocycles. The molecular weight excluding hydrogens is 238 g/mol. The summed E-state index contributed by atoms with van der Waals surface area (Å²) in [5.41, 5.74) is 7.84. The number of aryl methyl sites for hydroxylation is 1. The fraction of sp³-hybridized carbons (Fsp3) is 0.600. The molecule has 1 rings (SSSR count). The molecule has 4 nitrogen and oxygen atoms in total. The average molecular weight is 263 g/mol. The van der Waals surface area contributed by atoms with Crippen molar-refractivity contribution in [2.45, 2.75) is 46.7 Å². The molecule has 0 saturated heterocycles. The Morgan fingerprint density at radius 2 is 2.11 bits per heavy atom. The van der Waals surface area contributed by atoms with Crippen LogP contribution in [-0.4, -0.2) is 28.4 Å². The van der Waals surface area contributed by atoms with Gasteiger partial charge in [0.05, 0.1) is 18.3 Å². The van der Waals surface area contributed by atoms with E-state index >= 15 is 0 Å². The maximum absolute atomic E-state index is 12.3. The third-order valence-electron chi connectivity index (χ3n) is 3.03. The summed E-state index contributed by atoms with van der Waals surface area (Å²) in [7, 11) is 0. The number of pyridine rings is 1. The van der Waals surface area contributed by atoms with Gasteiger partial charge in [-0.2, -0.15) is 0 Å². The van der Waals surface area contributed by atoms with Gasteiger partial charge in [0.15, 0.2) is 0 Å². The highest BCUT2D eigenvalue weighted by Gasteiger charge is 2.21. The predicted octanol–water partition coefficient (Wildman–Crippen LogP) is 2.11. The van der Waals surface area contributed by atoms with Crippen molar-refractivity contribution in [1.82, 2.24) is 9.88 Å². The number of carbonyl (C=O) groups excluding carboxylic acids is 1. The molecule has 1 aromatic rings. The number of carbonyl (C=O) groups is 1. The van der Waals surface area contributed by atoms with Crippen molar-refractivity contribution < 1.29 is 4.79 Å². The topological polar surface area (TPSA) is 59.2 Å². The van der Waals surface area contributed by atoms with Crippen molar-refractivity contribution in [3.8, 4) is 0 Å². The molecule has 0 aliphatic heterocycles. The molecule has 0 saturated carbocycles. The van der Waals surface area contributed by atoms with Gasteiger partial charge in [-0.3, -0.25) is 9.78 Å². The Bertz CT molecular complexity index is 418. The zero-order valence-electron chi connectivity index (χ0n) is 12.4. The lowest BCUT2D eigenvalue weighted by atomic mass is 10.0. The lowest BCUT2D eigenvalue weighted by Crippen LogP contribution is -2.44. The summed E-state index contributed by atoms with van der Waals surface area (Å²) in [6, 6.07) is 5.44. The highest BCUT2D eigenvalue weighted by molar-refractivity contribution is 5.81. The number of hydrogen-bond acceptors (Lipinski definition) is 3. The van der Waals surface area contributed by atoms with Crippen LogP contribution in [0, 0.1) is 12.8 Å². The monoisotopic (exact) mass is 263 g/mol. The van der Waals surface area contributed by atoms with E-state index in [2.05, 4.69) is 18.8 Å². The Balaban J connectivity index is 2.70. The third-order valence-corrected chi connectivity index (χ3v) is 3.03. The summed E-state index contributed by atoms with van der Waals surface area (Å²) in [6.07, 6.45) is 0.719. The summed E-state index contributed by atoms with van der Waals surface area (Å²) in [5.74, 6) is 0.439. The zero-order chi connectivity index (χ0) is 14.4. The van der Waals surface area contributed by atoms with Crippen LogP contribution in [0.2, 0.25) is 0 Å². The second-order valence-electron chi connectivity index (χ2n) is 5.36. The molecular formula is C15H25N3O. The summed E-state index contributed by atoms with van der Waals surface area (Å²) in [5, 5.41) is 0. The van der Waals surface area contributed by atoms with E-state index in [1.54, 1.807) is 4.90 Å². The van der Waals surface area contributed by atoms with E-state index in [1.165, 1.54) is 0 Å². The van der Waals surface area contributed by atoms with E-state index < -0.39 is 6.04 Å². The molecule has 1 atom stereocenters. The number of nitrogens with zero attached hydrogens (tertiary/aromatic N) is 2. The minimum atomic E-state index is -0.412. The molecule has 1 amide bonds. The van der Waals surface area contributed by atoms with Gasteiger partial charge in [0.25, 0.3) is 0 Å². The Morgan fingerprint density at radius 1 is 1.42 bits per heavy atom. The Morgan fingerprint density at radius 3 is 2.63 bits per heavy atom. The van der Waals surface area contributed by atoms with Crippen LogP contribution in [-0.2, 0) is 11.3 Å². The van der Waals surface area contributed by atoms with E-state index in [-0.39, 0.29) is 5.91 Å². The van der Waals surface area contributed by atoms with Gasteiger partial charge in [-0.25, -0.2) is 0 Å². The Hall–Kier alpha value is -1.42. The van der Waals surface area contributed by atoms with Crippen LogP contribution in [0.4, 0.5) is 0 Å². The predicted molar refractivity (Wildman–Crippen MR) is 77.5 cm³/mol. The Labute approximate surface area is 116 Å². The minimum absolute atomic E-state index is 0.0134. The SMILES string of the molecule is CCN(Cc1cccc(C)n1)C(=O)C(N)CC(C)C. The van der Waals surface area contributed by atoms with Gasteiger partial charge in [-0.15, -0.1) is 0 Å². The molecule has 1 unspecified atom stereocenters. The number of aromatic nitrogens is 1. The van der Waals surface area contributed by atoms with Crippen LogP contribution in [0.1, 0.15) is 38.6 Å². The van der Waals surface area contributed by atoms with Gasteiger partial charge in [0.1, 0.15) is 0 Å². The highest BCUT2D eigenvalue weighted by atomic mass is 16.2. The Kier molecular flexibility index (Phi) is 5.96. The van der Waals surface area contributed by atoms with Crippen LogP contribution >= 0.6 is 0 Å². The van der Waals surface area contributed by atoms with Crippen molar-refractivity contribution in [1.29, 1.82) is 0 Å². The molecule has 0 fully saturated rings. The fourth-order valence-corrected chi connectivity index (χ4v) is 2.07. The van der Waals surface area contributed by atoms with Crippen molar-refractivity contribution in [2.24, 2.45) is 11.7 Å². The van der Waals surface area contributed by atoms with E-state index in [0.29, 0.717) is 19.0 Å². The van der Waals surface area contributed by atoms with Crippen molar-refractivity contribution in [2.75, 3.05) is 6.54 Å². The summed E-state index contributed by atoms with van der Waals surface area (Å²) in [6.45, 7) is 9.25. The average Bonchev–Trinajstić information content (AvgIpc) is 2.34. The molecule has 1 aromatic heterocycles. The lowest BCUT2D eigenvalue weighted by Gasteiger charge is -2.25. The van der Waals surface area contributed by atoms with Gasteiger partial charge >= 0.3 is 0 Å². The first-order valence-corrected chi connectivity index (χ1v) is 6.91. The molecule has 106 valence electrons. The van der Waals surface area contributed by atoms with Crippen LogP contribution < -0.4 is 5.73 Å². The van der Waals surface area contributed by atoms with Crippen molar-refractivity contribution >= 4 is 5.91 Å². The summed E-state index contributed by atoms with van der Waals surface area (Å²) >= 11 is 0. The molecule has 0 aliphatic carbocycles. The largest absolute Gasteiger partial charge is 0.336 e. The van der Waals surface area contributed by atoms with Crippen LogP contribution in [0.25, 0.3) is 0 Å². The van der Waals surface area contributed by atoms with Crippen molar-refractivity contribution in [3.05, 3.63) is 29.6 Å². The van der Waals surface area contributed by atoms with Crippen LogP contribution in [0.15, 0.2) is 18.2 Å². The van der Waals surface area contributed by atoms with E-state index in [1.807, 2.05) is 32.0 Å². The number of nitrogens with two attached hydrogens (primary N) is 1. The summed E-state index contributed by atoms with van der Waals surface area (Å²) < 4.78 is 0. The van der Waals surface area contributed by atoms with Crippen molar-refractivity contribution in [3.63, 3.8) is 0 Å². The van der Waals surface area contributed by atoms with Gasteiger partial charge in [-0.05, 0) is 38.3 Å². The maximum Gasteiger partial charge on any atom is 0.239 e. The van der Waals surface area contributed by atoms with E-state index in [4.69, 9.17) is 5.73 Å². The van der Waals surface area contributed by atoms with Gasteiger partial charge in [0.2, 0.25) is 5.91 Å². The highest BCUT2D eigenvalue weighted by Crippen LogP contribution is 2.09.